The Labute approximate surface area is 108 Å². The molecule has 2 nitrogen and oxygen atoms in total. The topological polar surface area (TPSA) is 38.9 Å². The molecule has 0 radical (unpaired) electrons. The van der Waals surface area contributed by atoms with E-state index in [0.29, 0.717) is 10.0 Å². The summed E-state index contributed by atoms with van der Waals surface area (Å²) >= 11 is 13.4. The van der Waals surface area contributed by atoms with Gasteiger partial charge in [-0.15, -0.1) is 11.3 Å². The van der Waals surface area contributed by atoms with Crippen LogP contribution in [0, 0.1) is 6.92 Å². The third-order valence-corrected chi connectivity index (χ3v) is 3.94. The second kappa shape index (κ2) is 4.72. The molecule has 0 spiro atoms. The minimum Gasteiger partial charge on any atom is -0.318 e. The molecule has 2 aromatic rings. The molecule has 0 bridgehead atoms. The normalized spacial score (nSPS) is 12.8. The summed E-state index contributed by atoms with van der Waals surface area (Å²) in [5, 5.41) is 1.94. The summed E-state index contributed by atoms with van der Waals surface area (Å²) in [6.45, 7) is 2.00. The van der Waals surface area contributed by atoms with Crippen molar-refractivity contribution in [1.29, 1.82) is 0 Å². The number of nitrogens with zero attached hydrogens (tertiary/aromatic N) is 1. The lowest BCUT2D eigenvalue weighted by molar-refractivity contribution is 0.858. The highest BCUT2D eigenvalue weighted by Gasteiger charge is 2.13. The maximum absolute atomic E-state index is 6.09. The van der Waals surface area contributed by atoms with Gasteiger partial charge in [-0.25, -0.2) is 4.98 Å². The number of hydrogen-bond donors (Lipinski definition) is 1. The van der Waals surface area contributed by atoms with Gasteiger partial charge >= 0.3 is 0 Å². The van der Waals surface area contributed by atoms with Gasteiger partial charge in [-0.05, 0) is 24.6 Å². The van der Waals surface area contributed by atoms with Crippen molar-refractivity contribution >= 4 is 34.5 Å². The maximum atomic E-state index is 6.09. The standard InChI is InChI=1S/C11H10Cl2N2S/c1-6-5-15-11(16-6)10(14)7-2-3-8(12)9(13)4-7/h2-5,10H,14H2,1H3. The van der Waals surface area contributed by atoms with Gasteiger partial charge in [0.05, 0.1) is 16.1 Å². The van der Waals surface area contributed by atoms with E-state index in [0.717, 1.165) is 15.4 Å². The van der Waals surface area contributed by atoms with E-state index in [1.54, 1.807) is 23.5 Å². The van der Waals surface area contributed by atoms with Crippen molar-refractivity contribution in [1.82, 2.24) is 4.98 Å². The zero-order valence-electron chi connectivity index (χ0n) is 8.58. The highest BCUT2D eigenvalue weighted by Crippen LogP contribution is 2.29. The number of benzene rings is 1. The van der Waals surface area contributed by atoms with Gasteiger partial charge in [-0.3, -0.25) is 0 Å². The van der Waals surface area contributed by atoms with E-state index < -0.39 is 0 Å². The molecular formula is C11H10Cl2N2S. The summed E-state index contributed by atoms with van der Waals surface area (Å²) < 4.78 is 0. The molecule has 1 aromatic carbocycles. The van der Waals surface area contributed by atoms with Crippen molar-refractivity contribution in [3.05, 3.63) is 49.9 Å². The third-order valence-electron chi connectivity index (χ3n) is 2.21. The molecule has 0 saturated heterocycles. The summed E-state index contributed by atoms with van der Waals surface area (Å²) in [6, 6.07) is 5.16. The fraction of sp³-hybridized carbons (Fsp3) is 0.182. The van der Waals surface area contributed by atoms with Gasteiger partial charge in [-0.2, -0.15) is 0 Å². The smallest absolute Gasteiger partial charge is 0.114 e. The van der Waals surface area contributed by atoms with E-state index in [2.05, 4.69) is 4.98 Å². The fourth-order valence-electron chi connectivity index (χ4n) is 1.36. The quantitative estimate of drug-likeness (QED) is 0.903. The third kappa shape index (κ3) is 2.38. The Morgan fingerprint density at radius 1 is 1.31 bits per heavy atom. The Morgan fingerprint density at radius 2 is 2.06 bits per heavy atom. The van der Waals surface area contributed by atoms with E-state index in [1.807, 2.05) is 19.2 Å². The number of hydrogen-bond acceptors (Lipinski definition) is 3. The Kier molecular flexibility index (Phi) is 3.50. The Hall–Kier alpha value is -0.610. The first-order chi connectivity index (χ1) is 7.58. The first-order valence-electron chi connectivity index (χ1n) is 4.71. The van der Waals surface area contributed by atoms with Crippen LogP contribution in [0.2, 0.25) is 10.0 Å². The van der Waals surface area contributed by atoms with Crippen molar-refractivity contribution in [3.8, 4) is 0 Å². The molecular weight excluding hydrogens is 263 g/mol. The van der Waals surface area contributed by atoms with E-state index in [-0.39, 0.29) is 6.04 Å². The van der Waals surface area contributed by atoms with Crippen LogP contribution in [0.4, 0.5) is 0 Å². The van der Waals surface area contributed by atoms with Gasteiger partial charge in [0.2, 0.25) is 0 Å². The lowest BCUT2D eigenvalue weighted by Gasteiger charge is -2.09. The van der Waals surface area contributed by atoms with Crippen molar-refractivity contribution in [2.24, 2.45) is 5.73 Å². The molecule has 1 aromatic heterocycles. The minimum atomic E-state index is -0.242. The van der Waals surface area contributed by atoms with E-state index in [1.165, 1.54) is 0 Å². The number of rotatable bonds is 2. The molecule has 1 heterocycles. The second-order valence-electron chi connectivity index (χ2n) is 3.46. The van der Waals surface area contributed by atoms with Crippen LogP contribution < -0.4 is 5.73 Å². The predicted molar refractivity (Wildman–Crippen MR) is 69.3 cm³/mol. The fourth-order valence-corrected chi connectivity index (χ4v) is 2.47. The first-order valence-corrected chi connectivity index (χ1v) is 6.28. The van der Waals surface area contributed by atoms with Crippen LogP contribution in [-0.4, -0.2) is 4.98 Å². The number of aryl methyl sites for hydroxylation is 1. The molecule has 2 rings (SSSR count). The molecule has 5 heteroatoms. The molecule has 84 valence electrons. The highest BCUT2D eigenvalue weighted by atomic mass is 35.5. The summed E-state index contributed by atoms with van der Waals surface area (Å²) in [6.07, 6.45) is 1.82. The average molecular weight is 273 g/mol. The average Bonchev–Trinajstić information content (AvgIpc) is 2.68. The van der Waals surface area contributed by atoms with Gasteiger partial charge in [0.25, 0.3) is 0 Å². The molecule has 1 unspecified atom stereocenters. The zero-order valence-corrected chi connectivity index (χ0v) is 10.9. The van der Waals surface area contributed by atoms with Gasteiger partial charge in [0.1, 0.15) is 5.01 Å². The molecule has 0 fully saturated rings. The largest absolute Gasteiger partial charge is 0.318 e. The Balaban J connectivity index is 2.33. The zero-order chi connectivity index (χ0) is 11.7. The molecule has 0 aliphatic carbocycles. The van der Waals surface area contributed by atoms with Gasteiger partial charge in [-0.1, -0.05) is 29.3 Å². The summed E-state index contributed by atoms with van der Waals surface area (Å²) in [5.74, 6) is 0. The molecule has 0 amide bonds. The number of aromatic nitrogens is 1. The maximum Gasteiger partial charge on any atom is 0.114 e. The Morgan fingerprint density at radius 3 is 2.62 bits per heavy atom. The Bertz CT molecular complexity index is 510. The lowest BCUT2D eigenvalue weighted by Crippen LogP contribution is -2.11. The van der Waals surface area contributed by atoms with E-state index in [9.17, 15) is 0 Å². The monoisotopic (exact) mass is 272 g/mol. The van der Waals surface area contributed by atoms with Crippen molar-refractivity contribution in [2.45, 2.75) is 13.0 Å². The minimum absolute atomic E-state index is 0.242. The second-order valence-corrected chi connectivity index (χ2v) is 5.54. The molecule has 0 aliphatic rings. The van der Waals surface area contributed by atoms with Gasteiger partial charge in [0, 0.05) is 11.1 Å². The van der Waals surface area contributed by atoms with Crippen LogP contribution in [0.1, 0.15) is 21.5 Å². The first kappa shape index (κ1) is 11.9. The molecule has 2 N–H and O–H groups in total. The number of halogens is 2. The van der Waals surface area contributed by atoms with Crippen LogP contribution >= 0.6 is 34.5 Å². The summed E-state index contributed by atoms with van der Waals surface area (Å²) in [7, 11) is 0. The SMILES string of the molecule is Cc1cnc(C(N)c2ccc(Cl)c(Cl)c2)s1. The van der Waals surface area contributed by atoms with Crippen LogP contribution in [0.3, 0.4) is 0 Å². The summed E-state index contributed by atoms with van der Waals surface area (Å²) in [4.78, 5) is 5.41. The predicted octanol–water partition coefficient (Wildman–Crippen LogP) is 3.81. The van der Waals surface area contributed by atoms with Crippen molar-refractivity contribution < 1.29 is 0 Å². The molecule has 0 aliphatic heterocycles. The number of nitrogens with two attached hydrogens (primary N) is 1. The number of thiazole rings is 1. The van der Waals surface area contributed by atoms with E-state index in [4.69, 9.17) is 28.9 Å². The van der Waals surface area contributed by atoms with E-state index >= 15 is 0 Å². The molecule has 16 heavy (non-hydrogen) atoms. The van der Waals surface area contributed by atoms with Crippen LogP contribution in [0.25, 0.3) is 0 Å². The van der Waals surface area contributed by atoms with Crippen LogP contribution in [-0.2, 0) is 0 Å². The molecule has 1 atom stereocenters. The van der Waals surface area contributed by atoms with Crippen molar-refractivity contribution in [2.75, 3.05) is 0 Å². The van der Waals surface area contributed by atoms with Crippen LogP contribution in [0.15, 0.2) is 24.4 Å². The van der Waals surface area contributed by atoms with Crippen LogP contribution in [0.5, 0.6) is 0 Å². The van der Waals surface area contributed by atoms with Gasteiger partial charge < -0.3 is 5.73 Å². The lowest BCUT2D eigenvalue weighted by atomic mass is 10.1. The van der Waals surface area contributed by atoms with Gasteiger partial charge in [0.15, 0.2) is 0 Å². The summed E-state index contributed by atoms with van der Waals surface area (Å²) in [5.41, 5.74) is 7.01. The molecule has 0 saturated carbocycles. The highest BCUT2D eigenvalue weighted by molar-refractivity contribution is 7.11. The van der Waals surface area contributed by atoms with Crippen molar-refractivity contribution in [3.63, 3.8) is 0 Å².